The van der Waals surface area contributed by atoms with Crippen molar-refractivity contribution < 1.29 is 14.4 Å². The molecule has 10 heteroatoms. The van der Waals surface area contributed by atoms with Gasteiger partial charge < -0.3 is 9.47 Å². The first-order valence-electron chi connectivity index (χ1n) is 10.2. The molecule has 33 heavy (non-hydrogen) atoms. The summed E-state index contributed by atoms with van der Waals surface area (Å²) >= 11 is 0. The van der Waals surface area contributed by atoms with Gasteiger partial charge in [-0.25, -0.2) is 10.4 Å². The third-order valence-corrected chi connectivity index (χ3v) is 4.72. The summed E-state index contributed by atoms with van der Waals surface area (Å²) in [6.07, 6.45) is 1.36. The molecule has 172 valence electrons. The van der Waals surface area contributed by atoms with Crippen LogP contribution in [-0.4, -0.2) is 28.2 Å². The highest BCUT2D eigenvalue weighted by Gasteiger charge is 2.22. The van der Waals surface area contributed by atoms with Crippen LogP contribution in [0.25, 0.3) is 0 Å². The van der Waals surface area contributed by atoms with Crippen LogP contribution < -0.4 is 20.5 Å². The fourth-order valence-corrected chi connectivity index (χ4v) is 2.95. The van der Waals surface area contributed by atoms with E-state index in [2.05, 4.69) is 20.5 Å². The number of H-pyrrole nitrogens is 1. The second kappa shape index (κ2) is 10.4. The molecule has 0 bridgehead atoms. The predicted molar refractivity (Wildman–Crippen MR) is 125 cm³/mol. The molecule has 0 unspecified atom stereocenters. The summed E-state index contributed by atoms with van der Waals surface area (Å²) in [6, 6.07) is 12.0. The molecule has 3 rings (SSSR count). The summed E-state index contributed by atoms with van der Waals surface area (Å²) in [4.78, 5) is 29.8. The molecule has 0 atom stereocenters. The van der Waals surface area contributed by atoms with E-state index in [4.69, 9.17) is 9.47 Å². The van der Waals surface area contributed by atoms with Crippen molar-refractivity contribution in [2.45, 2.75) is 33.3 Å². The van der Waals surface area contributed by atoms with Crippen LogP contribution in [0.15, 0.2) is 52.4 Å². The summed E-state index contributed by atoms with van der Waals surface area (Å²) < 4.78 is 11.1. The van der Waals surface area contributed by atoms with E-state index in [0.717, 1.165) is 11.1 Å². The van der Waals surface area contributed by atoms with Crippen molar-refractivity contribution in [2.24, 2.45) is 5.10 Å². The number of methoxy groups -OCH3 is 1. The van der Waals surface area contributed by atoms with Gasteiger partial charge in [-0.2, -0.15) is 5.10 Å². The van der Waals surface area contributed by atoms with Crippen LogP contribution in [0.4, 0.5) is 11.6 Å². The Morgan fingerprint density at radius 1 is 1.24 bits per heavy atom. The number of nitro groups is 1. The van der Waals surface area contributed by atoms with Crippen molar-refractivity contribution in [1.29, 1.82) is 0 Å². The van der Waals surface area contributed by atoms with Crippen LogP contribution >= 0.6 is 0 Å². The molecule has 2 aromatic carbocycles. The highest BCUT2D eigenvalue weighted by molar-refractivity contribution is 5.83. The van der Waals surface area contributed by atoms with Crippen molar-refractivity contribution in [1.82, 2.24) is 9.97 Å². The summed E-state index contributed by atoms with van der Waals surface area (Å²) in [5.41, 5.74) is 5.07. The first-order chi connectivity index (χ1) is 15.8. The number of nitrogens with zero attached hydrogens (tertiary/aromatic N) is 3. The predicted octanol–water partition coefficient (Wildman–Crippen LogP) is 4.14. The highest BCUT2D eigenvalue weighted by Crippen LogP contribution is 2.38. The van der Waals surface area contributed by atoms with Gasteiger partial charge in [0.15, 0.2) is 5.75 Å². The minimum Gasteiger partial charge on any atom is -0.493 e. The summed E-state index contributed by atoms with van der Waals surface area (Å²) in [5.74, 6) is 0.466. The van der Waals surface area contributed by atoms with E-state index in [1.807, 2.05) is 45.0 Å². The normalized spacial score (nSPS) is 11.1. The highest BCUT2D eigenvalue weighted by atomic mass is 16.6. The van der Waals surface area contributed by atoms with E-state index >= 15 is 0 Å². The monoisotopic (exact) mass is 451 g/mol. The topological polar surface area (TPSA) is 132 Å². The molecule has 0 amide bonds. The molecule has 0 radical (unpaired) electrons. The average molecular weight is 451 g/mol. The Kier molecular flexibility index (Phi) is 7.39. The molecule has 0 fully saturated rings. The Labute approximate surface area is 190 Å². The molecular formula is C23H25N5O5. The van der Waals surface area contributed by atoms with Crippen molar-refractivity contribution in [3.8, 4) is 11.5 Å². The summed E-state index contributed by atoms with van der Waals surface area (Å²) in [6.45, 7) is 5.96. The zero-order valence-electron chi connectivity index (χ0n) is 18.8. The standard InChI is InChI=1S/C23H25N5O5/c1-14(2)18-11-21(29)26-23(25-18)27-24-12-17-9-19(28(30)31)22(20(10-17)32-4)33-13-16-7-5-15(3)6-8-16/h5-12,14H,13H2,1-4H3,(H2,25,26,27,29)/b24-12-. The van der Waals surface area contributed by atoms with Gasteiger partial charge in [-0.3, -0.25) is 19.9 Å². The van der Waals surface area contributed by atoms with Crippen molar-refractivity contribution in [2.75, 3.05) is 12.5 Å². The lowest BCUT2D eigenvalue weighted by Crippen LogP contribution is -2.12. The van der Waals surface area contributed by atoms with E-state index in [1.165, 1.54) is 25.5 Å². The van der Waals surface area contributed by atoms with Gasteiger partial charge in [-0.05, 0) is 24.5 Å². The number of hydrogen-bond donors (Lipinski definition) is 2. The molecule has 0 aliphatic heterocycles. The van der Waals surface area contributed by atoms with Gasteiger partial charge in [0.1, 0.15) is 6.61 Å². The Bertz CT molecular complexity index is 1220. The summed E-state index contributed by atoms with van der Waals surface area (Å²) in [5, 5.41) is 15.7. The second-order valence-electron chi connectivity index (χ2n) is 7.65. The van der Waals surface area contributed by atoms with Gasteiger partial charge in [-0.1, -0.05) is 43.7 Å². The number of ether oxygens (including phenoxy) is 2. The number of aryl methyl sites for hydroxylation is 1. The molecule has 1 aromatic heterocycles. The van der Waals surface area contributed by atoms with Gasteiger partial charge in [-0.15, -0.1) is 0 Å². The smallest absolute Gasteiger partial charge is 0.315 e. The van der Waals surface area contributed by atoms with Crippen LogP contribution in [0, 0.1) is 17.0 Å². The third-order valence-electron chi connectivity index (χ3n) is 4.72. The maximum absolute atomic E-state index is 11.8. The number of hydrazone groups is 1. The van der Waals surface area contributed by atoms with E-state index in [-0.39, 0.29) is 41.2 Å². The molecule has 0 saturated carbocycles. The minimum absolute atomic E-state index is 0.0313. The zero-order chi connectivity index (χ0) is 24.0. The zero-order valence-corrected chi connectivity index (χ0v) is 18.8. The van der Waals surface area contributed by atoms with E-state index < -0.39 is 4.92 Å². The molecule has 2 N–H and O–H groups in total. The Hall–Kier alpha value is -4.21. The molecule has 0 saturated heterocycles. The summed E-state index contributed by atoms with van der Waals surface area (Å²) in [7, 11) is 1.41. The Morgan fingerprint density at radius 2 is 1.97 bits per heavy atom. The van der Waals surface area contributed by atoms with Gasteiger partial charge in [0.25, 0.3) is 5.56 Å². The molecule has 10 nitrogen and oxygen atoms in total. The fourth-order valence-electron chi connectivity index (χ4n) is 2.95. The lowest BCUT2D eigenvalue weighted by atomic mass is 10.1. The Balaban J connectivity index is 1.83. The molecule has 1 heterocycles. The lowest BCUT2D eigenvalue weighted by Gasteiger charge is -2.12. The van der Waals surface area contributed by atoms with E-state index in [0.29, 0.717) is 11.3 Å². The number of hydrogen-bond acceptors (Lipinski definition) is 8. The van der Waals surface area contributed by atoms with Crippen molar-refractivity contribution >= 4 is 17.9 Å². The second-order valence-corrected chi connectivity index (χ2v) is 7.65. The molecule has 3 aromatic rings. The van der Waals surface area contributed by atoms with Gasteiger partial charge in [0.05, 0.1) is 23.9 Å². The number of aromatic nitrogens is 2. The maximum Gasteiger partial charge on any atom is 0.315 e. The minimum atomic E-state index is -0.539. The molecular weight excluding hydrogens is 426 g/mol. The van der Waals surface area contributed by atoms with E-state index in [9.17, 15) is 14.9 Å². The number of nitrogens with one attached hydrogen (secondary N) is 2. The molecule has 0 aliphatic carbocycles. The average Bonchev–Trinajstić information content (AvgIpc) is 2.78. The number of anilines is 1. The first kappa shape index (κ1) is 23.5. The first-order valence-corrected chi connectivity index (χ1v) is 10.2. The fraction of sp³-hybridized carbons (Fsp3) is 0.261. The number of benzene rings is 2. The van der Waals surface area contributed by atoms with Crippen LogP contribution in [0.5, 0.6) is 11.5 Å². The largest absolute Gasteiger partial charge is 0.493 e. The van der Waals surface area contributed by atoms with E-state index in [1.54, 1.807) is 6.07 Å². The molecule has 0 aliphatic rings. The maximum atomic E-state index is 11.8. The van der Waals surface area contributed by atoms with Gasteiger partial charge >= 0.3 is 5.69 Å². The lowest BCUT2D eigenvalue weighted by molar-refractivity contribution is -0.386. The van der Waals surface area contributed by atoms with Crippen LogP contribution in [0.2, 0.25) is 0 Å². The van der Waals surface area contributed by atoms with Gasteiger partial charge in [0, 0.05) is 17.7 Å². The Morgan fingerprint density at radius 3 is 2.61 bits per heavy atom. The van der Waals surface area contributed by atoms with Crippen LogP contribution in [-0.2, 0) is 6.61 Å². The number of nitro benzene ring substituents is 1. The quantitative estimate of drug-likeness (QED) is 0.284. The molecule has 0 spiro atoms. The SMILES string of the molecule is COc1cc(/C=N\Nc2nc(C(C)C)cc(=O)[nH]2)cc([N+](=O)[O-])c1OCc1ccc(C)cc1. The third kappa shape index (κ3) is 6.16. The van der Waals surface area contributed by atoms with Crippen LogP contribution in [0.1, 0.15) is 42.1 Å². The van der Waals surface area contributed by atoms with Gasteiger partial charge in [0.2, 0.25) is 11.7 Å². The van der Waals surface area contributed by atoms with Crippen molar-refractivity contribution in [3.05, 3.63) is 85.3 Å². The number of rotatable bonds is 9. The van der Waals surface area contributed by atoms with Crippen molar-refractivity contribution in [3.63, 3.8) is 0 Å². The van der Waals surface area contributed by atoms with Crippen LogP contribution in [0.3, 0.4) is 0 Å². The number of aromatic amines is 1.